The lowest BCUT2D eigenvalue weighted by molar-refractivity contribution is -0.132. The Hall–Kier alpha value is -1.78. The summed E-state index contributed by atoms with van der Waals surface area (Å²) < 4.78 is 5.43. The molecule has 0 aromatic carbocycles. The summed E-state index contributed by atoms with van der Waals surface area (Å²) in [7, 11) is 0. The minimum absolute atomic E-state index is 0.320. The van der Waals surface area contributed by atoms with Gasteiger partial charge in [0.2, 0.25) is 11.8 Å². The summed E-state index contributed by atoms with van der Waals surface area (Å²) in [5.41, 5.74) is 0. The van der Waals surface area contributed by atoms with Crippen molar-refractivity contribution < 1.29 is 9.53 Å². The van der Waals surface area contributed by atoms with E-state index < -0.39 is 0 Å². The van der Waals surface area contributed by atoms with Crippen molar-refractivity contribution >= 4 is 11.7 Å². The number of amides is 1. The molecule has 5 nitrogen and oxygen atoms in total. The molecule has 3 rings (SSSR count). The van der Waals surface area contributed by atoms with Crippen LogP contribution >= 0.6 is 0 Å². The van der Waals surface area contributed by atoms with Gasteiger partial charge in [-0.25, -0.2) is 0 Å². The normalized spacial score (nSPS) is 19.1. The van der Waals surface area contributed by atoms with Crippen molar-refractivity contribution in [2.24, 2.45) is 5.92 Å². The molecule has 1 aromatic heterocycles. The molecule has 0 spiro atoms. The van der Waals surface area contributed by atoms with Gasteiger partial charge < -0.3 is 14.5 Å². The quantitative estimate of drug-likeness (QED) is 0.836. The van der Waals surface area contributed by atoms with Gasteiger partial charge in [0.25, 0.3) is 0 Å². The van der Waals surface area contributed by atoms with Gasteiger partial charge in [0.15, 0.2) is 0 Å². The Morgan fingerprint density at radius 1 is 1.30 bits per heavy atom. The molecule has 2 fully saturated rings. The Bertz CT molecular complexity index is 480. The molecule has 1 aromatic rings. The van der Waals surface area contributed by atoms with E-state index in [-0.39, 0.29) is 0 Å². The standard InChI is InChI=1S/C15H21N3O2/c1-2-20-14-5-3-4-13(16-14)17-8-10-18(11-9-17)15(19)12-6-7-12/h3-5,12H,2,6-11H2,1H3. The third-order valence-corrected chi connectivity index (χ3v) is 3.84. The van der Waals surface area contributed by atoms with Crippen LogP contribution in [0.5, 0.6) is 5.88 Å². The molecule has 2 aliphatic rings. The summed E-state index contributed by atoms with van der Waals surface area (Å²) in [6, 6.07) is 5.84. The van der Waals surface area contributed by atoms with Crippen molar-refractivity contribution in [1.29, 1.82) is 0 Å². The van der Waals surface area contributed by atoms with Crippen LogP contribution in [-0.2, 0) is 4.79 Å². The fourth-order valence-corrected chi connectivity index (χ4v) is 2.55. The van der Waals surface area contributed by atoms with Crippen LogP contribution in [0.3, 0.4) is 0 Å². The average molecular weight is 275 g/mol. The zero-order valence-electron chi connectivity index (χ0n) is 11.9. The summed E-state index contributed by atoms with van der Waals surface area (Å²) in [5, 5.41) is 0. The van der Waals surface area contributed by atoms with E-state index in [1.807, 2.05) is 30.0 Å². The number of ether oxygens (including phenoxy) is 1. The monoisotopic (exact) mass is 275 g/mol. The molecule has 0 atom stereocenters. The van der Waals surface area contributed by atoms with Crippen LogP contribution in [0.4, 0.5) is 5.82 Å². The maximum atomic E-state index is 12.0. The van der Waals surface area contributed by atoms with Crippen LogP contribution in [0.1, 0.15) is 19.8 Å². The minimum atomic E-state index is 0.320. The first-order valence-electron chi connectivity index (χ1n) is 7.41. The summed E-state index contributed by atoms with van der Waals surface area (Å²) in [6.45, 7) is 5.88. The predicted molar refractivity (Wildman–Crippen MR) is 76.9 cm³/mol. The van der Waals surface area contributed by atoms with E-state index in [9.17, 15) is 4.79 Å². The summed E-state index contributed by atoms with van der Waals surface area (Å²) in [5.74, 6) is 2.28. The number of rotatable bonds is 4. The van der Waals surface area contributed by atoms with Crippen LogP contribution in [-0.4, -0.2) is 48.6 Å². The van der Waals surface area contributed by atoms with Gasteiger partial charge in [-0.1, -0.05) is 6.07 Å². The lowest BCUT2D eigenvalue weighted by Crippen LogP contribution is -2.49. The molecule has 0 radical (unpaired) electrons. The number of aromatic nitrogens is 1. The molecule has 1 aliphatic heterocycles. The van der Waals surface area contributed by atoms with Crippen molar-refractivity contribution in [3.05, 3.63) is 18.2 Å². The third-order valence-electron chi connectivity index (χ3n) is 3.84. The molecule has 0 unspecified atom stereocenters. The number of pyridine rings is 1. The lowest BCUT2D eigenvalue weighted by atomic mass is 10.2. The smallest absolute Gasteiger partial charge is 0.225 e. The Labute approximate surface area is 119 Å². The van der Waals surface area contributed by atoms with Crippen LogP contribution in [0.25, 0.3) is 0 Å². The highest BCUT2D eigenvalue weighted by Gasteiger charge is 2.34. The van der Waals surface area contributed by atoms with Crippen molar-refractivity contribution in [2.75, 3.05) is 37.7 Å². The first kappa shape index (κ1) is 13.2. The molecule has 1 amide bonds. The Morgan fingerprint density at radius 2 is 2.05 bits per heavy atom. The molecule has 0 bridgehead atoms. The van der Waals surface area contributed by atoms with Crippen molar-refractivity contribution in [3.8, 4) is 5.88 Å². The van der Waals surface area contributed by atoms with Gasteiger partial charge in [0.1, 0.15) is 5.82 Å². The number of carbonyl (C=O) groups excluding carboxylic acids is 1. The van der Waals surface area contributed by atoms with Gasteiger partial charge in [0.05, 0.1) is 6.61 Å². The zero-order chi connectivity index (χ0) is 13.9. The van der Waals surface area contributed by atoms with E-state index in [4.69, 9.17) is 4.74 Å². The summed E-state index contributed by atoms with van der Waals surface area (Å²) in [6.07, 6.45) is 2.16. The van der Waals surface area contributed by atoms with Crippen molar-refractivity contribution in [1.82, 2.24) is 9.88 Å². The fourth-order valence-electron chi connectivity index (χ4n) is 2.55. The van der Waals surface area contributed by atoms with E-state index in [1.165, 1.54) is 0 Å². The fraction of sp³-hybridized carbons (Fsp3) is 0.600. The van der Waals surface area contributed by atoms with E-state index in [1.54, 1.807) is 0 Å². The number of piperazine rings is 1. The topological polar surface area (TPSA) is 45.7 Å². The first-order valence-corrected chi connectivity index (χ1v) is 7.41. The maximum Gasteiger partial charge on any atom is 0.225 e. The molecule has 20 heavy (non-hydrogen) atoms. The highest BCUT2D eigenvalue weighted by atomic mass is 16.5. The first-order chi connectivity index (χ1) is 9.78. The van der Waals surface area contributed by atoms with Crippen molar-refractivity contribution in [3.63, 3.8) is 0 Å². The van der Waals surface area contributed by atoms with Crippen LogP contribution in [0.15, 0.2) is 18.2 Å². The molecular formula is C15H21N3O2. The van der Waals surface area contributed by atoms with Gasteiger partial charge in [-0.3, -0.25) is 4.79 Å². The molecule has 1 aliphatic carbocycles. The number of nitrogens with zero attached hydrogens (tertiary/aromatic N) is 3. The van der Waals surface area contributed by atoms with E-state index in [2.05, 4.69) is 9.88 Å². The summed E-state index contributed by atoms with van der Waals surface area (Å²) in [4.78, 5) is 20.7. The highest BCUT2D eigenvalue weighted by Crippen LogP contribution is 2.31. The predicted octanol–water partition coefficient (Wildman–Crippen LogP) is 1.54. The molecule has 1 saturated carbocycles. The zero-order valence-corrected chi connectivity index (χ0v) is 11.9. The molecular weight excluding hydrogens is 254 g/mol. The van der Waals surface area contributed by atoms with Gasteiger partial charge >= 0.3 is 0 Å². The second-order valence-electron chi connectivity index (χ2n) is 5.35. The molecule has 2 heterocycles. The summed E-state index contributed by atoms with van der Waals surface area (Å²) >= 11 is 0. The van der Waals surface area contributed by atoms with Gasteiger partial charge in [-0.15, -0.1) is 0 Å². The molecule has 0 N–H and O–H groups in total. The number of carbonyl (C=O) groups is 1. The van der Waals surface area contributed by atoms with E-state index in [0.29, 0.717) is 24.3 Å². The third kappa shape index (κ3) is 2.86. The average Bonchev–Trinajstić information content (AvgIpc) is 3.32. The number of hydrogen-bond donors (Lipinski definition) is 0. The van der Waals surface area contributed by atoms with Gasteiger partial charge in [-0.05, 0) is 25.8 Å². The highest BCUT2D eigenvalue weighted by molar-refractivity contribution is 5.81. The molecule has 1 saturated heterocycles. The lowest BCUT2D eigenvalue weighted by Gasteiger charge is -2.35. The number of anilines is 1. The van der Waals surface area contributed by atoms with E-state index >= 15 is 0 Å². The van der Waals surface area contributed by atoms with Crippen LogP contribution in [0, 0.1) is 5.92 Å². The largest absolute Gasteiger partial charge is 0.478 e. The van der Waals surface area contributed by atoms with Crippen LogP contribution < -0.4 is 9.64 Å². The van der Waals surface area contributed by atoms with E-state index in [0.717, 1.165) is 44.8 Å². The van der Waals surface area contributed by atoms with Gasteiger partial charge in [-0.2, -0.15) is 4.98 Å². The van der Waals surface area contributed by atoms with Gasteiger partial charge in [0, 0.05) is 38.2 Å². The van der Waals surface area contributed by atoms with Crippen LogP contribution in [0.2, 0.25) is 0 Å². The minimum Gasteiger partial charge on any atom is -0.478 e. The molecule has 5 heteroatoms. The second-order valence-corrected chi connectivity index (χ2v) is 5.35. The second kappa shape index (κ2) is 5.69. The van der Waals surface area contributed by atoms with Crippen molar-refractivity contribution in [2.45, 2.75) is 19.8 Å². The number of hydrogen-bond acceptors (Lipinski definition) is 4. The Morgan fingerprint density at radius 3 is 2.70 bits per heavy atom. The molecule has 108 valence electrons. The maximum absolute atomic E-state index is 12.0. The Balaban J connectivity index is 1.59. The Kier molecular flexibility index (Phi) is 3.76. The SMILES string of the molecule is CCOc1cccc(N2CCN(C(=O)C3CC3)CC2)n1.